The van der Waals surface area contributed by atoms with E-state index in [0.29, 0.717) is 23.1 Å². The molecular weight excluding hydrogens is 462 g/mol. The van der Waals surface area contributed by atoms with E-state index in [-0.39, 0.29) is 5.24 Å². The first-order valence-electron chi connectivity index (χ1n) is 11.3. The third kappa shape index (κ3) is 5.43. The molecule has 9 nitrogen and oxygen atoms in total. The Morgan fingerprint density at radius 3 is 2.49 bits per heavy atom. The Bertz CT molecular complexity index is 1250. The first-order chi connectivity index (χ1) is 17.0. The molecule has 2 aliphatic heterocycles. The Labute approximate surface area is 207 Å². The summed E-state index contributed by atoms with van der Waals surface area (Å²) in [6, 6.07) is 16.0. The van der Waals surface area contributed by atoms with Crippen LogP contribution in [0.25, 0.3) is 6.08 Å². The zero-order chi connectivity index (χ0) is 24.2. The standard InChI is InChI=1S/C25H25N7O2S/c1-30(17-18-6-3-2-4-7-18)22-15-19(14-21-23(33)29-25(34)35-21)27-24(28-22)32-12-10-31(11-13-32)20-8-5-9-26-16-20/h2-9,14-16H,10-13,17H2,1H3,(H,29,33,34). The fraction of sp³-hybridized carbons (Fsp3) is 0.240. The van der Waals surface area contributed by atoms with Crippen molar-refractivity contribution in [2.45, 2.75) is 6.54 Å². The quantitative estimate of drug-likeness (QED) is 0.526. The summed E-state index contributed by atoms with van der Waals surface area (Å²) in [5.41, 5.74) is 2.85. The number of aromatic nitrogens is 3. The van der Waals surface area contributed by atoms with Crippen LogP contribution in [0.5, 0.6) is 0 Å². The molecule has 0 saturated carbocycles. The highest BCUT2D eigenvalue weighted by molar-refractivity contribution is 8.18. The van der Waals surface area contributed by atoms with Crippen LogP contribution in [-0.2, 0) is 11.3 Å². The number of anilines is 3. The molecule has 3 aromatic rings. The Kier molecular flexibility index (Phi) is 6.62. The Morgan fingerprint density at radius 2 is 1.80 bits per heavy atom. The number of thioether (sulfide) groups is 1. The van der Waals surface area contributed by atoms with Gasteiger partial charge in [-0.2, -0.15) is 4.98 Å². The number of pyridine rings is 1. The summed E-state index contributed by atoms with van der Waals surface area (Å²) in [7, 11) is 1.98. The van der Waals surface area contributed by atoms with E-state index in [4.69, 9.17) is 9.97 Å². The predicted molar refractivity (Wildman–Crippen MR) is 138 cm³/mol. The van der Waals surface area contributed by atoms with Crippen molar-refractivity contribution in [3.63, 3.8) is 0 Å². The van der Waals surface area contributed by atoms with Gasteiger partial charge >= 0.3 is 0 Å². The normalized spacial score (nSPS) is 17.1. The average molecular weight is 488 g/mol. The van der Waals surface area contributed by atoms with E-state index in [0.717, 1.165) is 55.0 Å². The number of amides is 2. The summed E-state index contributed by atoms with van der Waals surface area (Å²) in [5.74, 6) is 0.953. The van der Waals surface area contributed by atoms with Crippen molar-refractivity contribution in [3.8, 4) is 0 Å². The van der Waals surface area contributed by atoms with E-state index in [9.17, 15) is 9.59 Å². The minimum Gasteiger partial charge on any atom is -0.367 e. The highest BCUT2D eigenvalue weighted by atomic mass is 32.2. The predicted octanol–water partition coefficient (Wildman–Crippen LogP) is 3.16. The van der Waals surface area contributed by atoms with Gasteiger partial charge < -0.3 is 14.7 Å². The maximum atomic E-state index is 12.1. The van der Waals surface area contributed by atoms with Crippen molar-refractivity contribution in [2.24, 2.45) is 0 Å². The van der Waals surface area contributed by atoms with Crippen molar-refractivity contribution < 1.29 is 9.59 Å². The summed E-state index contributed by atoms with van der Waals surface area (Å²) in [6.45, 7) is 3.83. The first-order valence-corrected chi connectivity index (χ1v) is 12.2. The van der Waals surface area contributed by atoms with E-state index in [2.05, 4.69) is 43.2 Å². The number of imide groups is 1. The zero-order valence-corrected chi connectivity index (χ0v) is 20.1. The van der Waals surface area contributed by atoms with Gasteiger partial charge in [-0.25, -0.2) is 4.98 Å². The lowest BCUT2D eigenvalue weighted by Gasteiger charge is -2.36. The third-order valence-corrected chi connectivity index (χ3v) is 6.68. The maximum absolute atomic E-state index is 12.1. The second-order valence-electron chi connectivity index (χ2n) is 8.33. The molecule has 2 aromatic heterocycles. The van der Waals surface area contributed by atoms with Gasteiger partial charge in [-0.05, 0) is 35.5 Å². The number of hydrogen-bond donors (Lipinski definition) is 1. The number of carbonyl (C=O) groups excluding carboxylic acids is 2. The summed E-state index contributed by atoms with van der Waals surface area (Å²) in [6.07, 6.45) is 5.31. The monoisotopic (exact) mass is 487 g/mol. The van der Waals surface area contributed by atoms with Gasteiger partial charge in [0.15, 0.2) is 0 Å². The molecule has 2 aliphatic rings. The lowest BCUT2D eigenvalue weighted by molar-refractivity contribution is -0.115. The summed E-state index contributed by atoms with van der Waals surface area (Å²) in [4.78, 5) is 44.4. The molecule has 4 heterocycles. The number of hydrogen-bond acceptors (Lipinski definition) is 9. The van der Waals surface area contributed by atoms with Crippen LogP contribution >= 0.6 is 11.8 Å². The molecule has 1 aromatic carbocycles. The molecule has 1 N–H and O–H groups in total. The molecule has 2 saturated heterocycles. The highest BCUT2D eigenvalue weighted by Crippen LogP contribution is 2.27. The Hall–Kier alpha value is -3.92. The number of carbonyl (C=O) groups is 2. The molecule has 0 aliphatic carbocycles. The molecule has 0 atom stereocenters. The van der Waals surface area contributed by atoms with Gasteiger partial charge in [0.1, 0.15) is 5.82 Å². The zero-order valence-electron chi connectivity index (χ0n) is 19.3. The van der Waals surface area contributed by atoms with Crippen molar-refractivity contribution in [2.75, 3.05) is 47.9 Å². The van der Waals surface area contributed by atoms with Gasteiger partial charge in [0.05, 0.1) is 22.5 Å². The Balaban J connectivity index is 1.41. The molecule has 0 bridgehead atoms. The topological polar surface area (TPSA) is 94.6 Å². The average Bonchev–Trinajstić information content (AvgIpc) is 3.21. The molecule has 35 heavy (non-hydrogen) atoms. The van der Waals surface area contributed by atoms with Gasteiger partial charge in [-0.3, -0.25) is 19.9 Å². The molecule has 0 spiro atoms. The number of benzene rings is 1. The largest absolute Gasteiger partial charge is 0.367 e. The van der Waals surface area contributed by atoms with Gasteiger partial charge in [-0.1, -0.05) is 30.3 Å². The van der Waals surface area contributed by atoms with Crippen molar-refractivity contribution in [3.05, 3.63) is 77.1 Å². The highest BCUT2D eigenvalue weighted by Gasteiger charge is 2.26. The van der Waals surface area contributed by atoms with Gasteiger partial charge in [0.2, 0.25) is 5.95 Å². The van der Waals surface area contributed by atoms with Gasteiger partial charge in [0.25, 0.3) is 11.1 Å². The van der Waals surface area contributed by atoms with Crippen LogP contribution in [-0.4, -0.2) is 59.3 Å². The van der Waals surface area contributed by atoms with Crippen LogP contribution in [0.4, 0.5) is 22.2 Å². The number of piperazine rings is 1. The van der Waals surface area contributed by atoms with Crippen LogP contribution in [0.3, 0.4) is 0 Å². The van der Waals surface area contributed by atoms with E-state index in [1.165, 1.54) is 0 Å². The molecular formula is C25H25N7O2S. The van der Waals surface area contributed by atoms with E-state index >= 15 is 0 Å². The van der Waals surface area contributed by atoms with Crippen LogP contribution in [0.1, 0.15) is 11.3 Å². The van der Waals surface area contributed by atoms with E-state index < -0.39 is 5.91 Å². The van der Waals surface area contributed by atoms with E-state index in [1.807, 2.05) is 43.6 Å². The van der Waals surface area contributed by atoms with Crippen LogP contribution in [0, 0.1) is 0 Å². The van der Waals surface area contributed by atoms with Crippen molar-refractivity contribution >= 4 is 46.4 Å². The minimum atomic E-state index is -0.399. The molecule has 0 radical (unpaired) electrons. The molecule has 10 heteroatoms. The molecule has 0 unspecified atom stereocenters. The van der Waals surface area contributed by atoms with Crippen molar-refractivity contribution in [1.82, 2.24) is 20.3 Å². The first kappa shape index (κ1) is 22.9. The van der Waals surface area contributed by atoms with Crippen LogP contribution in [0.15, 0.2) is 65.8 Å². The lowest BCUT2D eigenvalue weighted by atomic mass is 10.2. The smallest absolute Gasteiger partial charge is 0.290 e. The second kappa shape index (κ2) is 10.1. The third-order valence-electron chi connectivity index (χ3n) is 5.87. The minimum absolute atomic E-state index is 0.331. The number of rotatable bonds is 6. The Morgan fingerprint density at radius 1 is 1.03 bits per heavy atom. The second-order valence-corrected chi connectivity index (χ2v) is 9.34. The molecule has 2 fully saturated rings. The molecule has 178 valence electrons. The van der Waals surface area contributed by atoms with Crippen LogP contribution in [0.2, 0.25) is 0 Å². The van der Waals surface area contributed by atoms with Crippen molar-refractivity contribution in [1.29, 1.82) is 0 Å². The fourth-order valence-electron chi connectivity index (χ4n) is 4.05. The summed E-state index contributed by atoms with van der Waals surface area (Å²) in [5, 5.41) is 1.93. The van der Waals surface area contributed by atoms with Gasteiger partial charge in [-0.15, -0.1) is 0 Å². The van der Waals surface area contributed by atoms with Crippen LogP contribution < -0.4 is 20.0 Å². The lowest BCUT2D eigenvalue weighted by Crippen LogP contribution is -2.47. The van der Waals surface area contributed by atoms with Gasteiger partial charge in [0, 0.05) is 52.0 Å². The number of nitrogens with one attached hydrogen (secondary N) is 1. The summed E-state index contributed by atoms with van der Waals surface area (Å²) < 4.78 is 0. The van der Waals surface area contributed by atoms with E-state index in [1.54, 1.807) is 12.3 Å². The maximum Gasteiger partial charge on any atom is 0.290 e. The molecule has 5 rings (SSSR count). The number of nitrogens with zero attached hydrogens (tertiary/aromatic N) is 6. The SMILES string of the molecule is CN(Cc1ccccc1)c1cc(C=C2SC(=O)NC2=O)nc(N2CCN(c3cccnc3)CC2)n1. The summed E-state index contributed by atoms with van der Waals surface area (Å²) >= 11 is 0.886. The molecule has 2 amide bonds. The fourth-order valence-corrected chi connectivity index (χ4v) is 4.72.